The van der Waals surface area contributed by atoms with E-state index in [1.807, 2.05) is 54.6 Å². The molecule has 3 aliphatic rings. The quantitative estimate of drug-likeness (QED) is 0.0422. The Morgan fingerprint density at radius 1 is 0.818 bits per heavy atom. The van der Waals surface area contributed by atoms with Crippen LogP contribution in [0.5, 0.6) is 28.7 Å². The molecule has 3 atom stereocenters. The Balaban J connectivity index is 0.805. The number of alkyl carbamates (subject to hydrolysis) is 1. The lowest BCUT2D eigenvalue weighted by Gasteiger charge is -2.43. The highest BCUT2D eigenvalue weighted by Crippen LogP contribution is 2.39. The lowest BCUT2D eigenvalue weighted by atomic mass is 9.86. The molecule has 5 N–H and O–H groups in total. The molecule has 3 aliphatic heterocycles. The van der Waals surface area contributed by atoms with Gasteiger partial charge < -0.3 is 54.3 Å². The van der Waals surface area contributed by atoms with Crippen molar-refractivity contribution in [1.29, 1.82) is 0 Å². The predicted octanol–water partition coefficient (Wildman–Crippen LogP) is 6.80. The van der Waals surface area contributed by atoms with Gasteiger partial charge in [0.25, 0.3) is 0 Å². The van der Waals surface area contributed by atoms with Gasteiger partial charge in [-0.15, -0.1) is 0 Å². The summed E-state index contributed by atoms with van der Waals surface area (Å²) in [7, 11) is 3.01. The molecule has 1 aromatic heterocycles. The van der Waals surface area contributed by atoms with Crippen molar-refractivity contribution in [2.45, 2.75) is 44.2 Å². The molecular weight excluding hydrogens is 845 g/mol. The van der Waals surface area contributed by atoms with Crippen LogP contribution in [0.15, 0.2) is 120 Å². The zero-order chi connectivity index (χ0) is 46.0. The van der Waals surface area contributed by atoms with E-state index < -0.39 is 24.2 Å². The average molecular weight is 899 g/mol. The molecule has 0 spiro atoms. The average Bonchev–Trinajstić information content (AvgIpc) is 3.35. The maximum atomic E-state index is 13.3. The lowest BCUT2D eigenvalue weighted by molar-refractivity contribution is -0.0336. The minimum absolute atomic E-state index is 0.0284. The highest BCUT2D eigenvalue weighted by atomic mass is 16.6. The van der Waals surface area contributed by atoms with Crippen LogP contribution in [0.1, 0.15) is 63.2 Å². The number of aromatic nitrogens is 1. The van der Waals surface area contributed by atoms with E-state index in [-0.39, 0.29) is 49.3 Å². The number of methoxy groups -OCH3 is 2. The van der Waals surface area contributed by atoms with Gasteiger partial charge >= 0.3 is 12.1 Å². The Morgan fingerprint density at radius 2 is 1.56 bits per heavy atom. The number of aliphatic hydroxyl groups excluding tert-OH is 1. The molecule has 0 saturated carbocycles. The van der Waals surface area contributed by atoms with Gasteiger partial charge in [0, 0.05) is 31.1 Å². The van der Waals surface area contributed by atoms with Gasteiger partial charge in [0.15, 0.2) is 11.5 Å². The van der Waals surface area contributed by atoms with E-state index in [1.54, 1.807) is 48.5 Å². The molecule has 2 bridgehead atoms. The van der Waals surface area contributed by atoms with Crippen LogP contribution in [0.25, 0.3) is 10.9 Å². The smallest absolute Gasteiger partial charge is 0.408 e. The number of H-pyrrole nitrogens is 1. The number of carbonyl (C=O) groups excluding carboxylic acids is 2. The van der Waals surface area contributed by atoms with E-state index >= 15 is 0 Å². The van der Waals surface area contributed by atoms with Gasteiger partial charge in [0.1, 0.15) is 37.4 Å². The van der Waals surface area contributed by atoms with Crippen molar-refractivity contribution < 1.29 is 48.2 Å². The van der Waals surface area contributed by atoms with Crippen molar-refractivity contribution in [3.05, 3.63) is 159 Å². The maximum Gasteiger partial charge on any atom is 0.408 e. The lowest BCUT2D eigenvalue weighted by Crippen LogP contribution is -2.52. The molecule has 6 aromatic rings. The van der Waals surface area contributed by atoms with Crippen molar-refractivity contribution in [2.24, 2.45) is 5.92 Å². The normalized spacial score (nSPS) is 17.3. The van der Waals surface area contributed by atoms with Crippen LogP contribution in [-0.4, -0.2) is 91.9 Å². The minimum atomic E-state index is -0.933. The van der Waals surface area contributed by atoms with Gasteiger partial charge in [-0.1, -0.05) is 60.7 Å². The molecule has 3 fully saturated rings. The van der Waals surface area contributed by atoms with Crippen molar-refractivity contribution >= 4 is 23.0 Å². The summed E-state index contributed by atoms with van der Waals surface area (Å²) >= 11 is 0. The molecule has 1 amide bonds. The summed E-state index contributed by atoms with van der Waals surface area (Å²) in [5, 5.41) is 28.0. The van der Waals surface area contributed by atoms with Crippen molar-refractivity contribution in [3.8, 4) is 28.7 Å². The number of fused-ring (bicyclic) bond motifs is 4. The number of benzene rings is 5. The molecule has 5 aromatic carbocycles. The van der Waals surface area contributed by atoms with Crippen molar-refractivity contribution in [3.63, 3.8) is 0 Å². The first-order chi connectivity index (χ1) is 32.1. The fourth-order valence-corrected chi connectivity index (χ4v) is 8.58. The summed E-state index contributed by atoms with van der Waals surface area (Å²) in [5.41, 5.74) is 4.24. The number of esters is 1. The van der Waals surface area contributed by atoms with Gasteiger partial charge in [-0.05, 0) is 108 Å². The van der Waals surface area contributed by atoms with Crippen LogP contribution in [0.2, 0.25) is 0 Å². The molecule has 66 heavy (non-hydrogen) atoms. The number of nitrogens with one attached hydrogen (secondary N) is 3. The third-order valence-corrected chi connectivity index (χ3v) is 12.1. The minimum Gasteiger partial charge on any atom is -0.506 e. The molecule has 0 radical (unpaired) electrons. The van der Waals surface area contributed by atoms with Crippen LogP contribution < -0.4 is 35.1 Å². The van der Waals surface area contributed by atoms with Crippen molar-refractivity contribution in [2.75, 3.05) is 53.6 Å². The number of carbonyl (C=O) groups is 2. The standard InChI is InChI=1S/C51H54N4O11/c1-61-43-25-33(28-52-29-42(57)39-15-17-41(56)48-40(39)16-18-46(58)53-48)26-44(62-2)49(43)63-23-24-64-50(59)36-13-11-32(12-14-36)31-65-38-10-6-9-37(27-38)47(35-7-4-3-5-8-35)54-51(60)66-45-30-55-21-19-34(45)20-22-55/h3-18,25-27,34,42,45,47,52,56-57H,19-24,28-31H2,1-2H3,(H,53,58)(H,54,60)/t42-,45-,47-/m0/s1. The molecule has 15 nitrogen and oxygen atoms in total. The first-order valence-electron chi connectivity index (χ1n) is 22.0. The number of phenolic OH excluding ortho intramolecular Hbond substituents is 1. The summed E-state index contributed by atoms with van der Waals surface area (Å²) in [6.45, 7) is 3.68. The first-order valence-corrected chi connectivity index (χ1v) is 22.0. The van der Waals surface area contributed by atoms with Gasteiger partial charge in [0.2, 0.25) is 11.3 Å². The number of aromatic amines is 1. The Bertz CT molecular complexity index is 2640. The summed E-state index contributed by atoms with van der Waals surface area (Å²) in [6.07, 6.45) is 0.641. The zero-order valence-corrected chi connectivity index (χ0v) is 36.9. The molecule has 0 unspecified atom stereocenters. The van der Waals surface area contributed by atoms with Gasteiger partial charge in [-0.2, -0.15) is 0 Å². The Hall–Kier alpha value is -7.07. The highest BCUT2D eigenvalue weighted by molar-refractivity contribution is 5.89. The SMILES string of the molecule is COc1cc(CNC[C@H](O)c2ccc(O)c3[nH]c(=O)ccc23)cc(OC)c1OCCOC(=O)c1ccc(COc2cccc([C@@H](NC(=O)O[C@H]3CN4CCC3CC4)c3ccccc3)c2)cc1. The number of ether oxygens (including phenoxy) is 6. The molecule has 4 heterocycles. The number of amides is 1. The molecule has 9 rings (SSSR count). The van der Waals surface area contributed by atoms with Gasteiger partial charge in [0.05, 0.1) is 37.4 Å². The fraction of sp³-hybridized carbons (Fsp3) is 0.314. The van der Waals surface area contributed by atoms with Crippen LogP contribution in [0.3, 0.4) is 0 Å². The van der Waals surface area contributed by atoms with E-state index in [1.165, 1.54) is 26.4 Å². The number of aromatic hydroxyl groups is 1. The number of hydrogen-bond donors (Lipinski definition) is 5. The van der Waals surface area contributed by atoms with E-state index in [4.69, 9.17) is 28.4 Å². The number of hydrogen-bond acceptors (Lipinski definition) is 13. The van der Waals surface area contributed by atoms with E-state index in [0.717, 1.165) is 54.7 Å². The highest BCUT2D eigenvalue weighted by Gasteiger charge is 2.37. The Morgan fingerprint density at radius 3 is 2.27 bits per heavy atom. The predicted molar refractivity (Wildman–Crippen MR) is 246 cm³/mol. The summed E-state index contributed by atoms with van der Waals surface area (Å²) < 4.78 is 34.9. The summed E-state index contributed by atoms with van der Waals surface area (Å²) in [5.74, 6) is 1.59. The second-order valence-corrected chi connectivity index (χ2v) is 16.4. The number of nitrogens with zero attached hydrogens (tertiary/aromatic N) is 1. The first kappa shape index (κ1) is 45.5. The summed E-state index contributed by atoms with van der Waals surface area (Å²) in [6, 6.07) is 33.5. The number of pyridine rings is 1. The maximum absolute atomic E-state index is 13.3. The molecule has 0 aliphatic carbocycles. The van der Waals surface area contributed by atoms with Crippen LogP contribution in [0.4, 0.5) is 4.79 Å². The van der Waals surface area contributed by atoms with Gasteiger partial charge in [-0.3, -0.25) is 9.69 Å². The van der Waals surface area contributed by atoms with E-state index in [9.17, 15) is 24.6 Å². The molecule has 344 valence electrons. The second kappa shape index (κ2) is 21.3. The number of phenols is 1. The molecular formula is C51H54N4O11. The van der Waals surface area contributed by atoms with Crippen LogP contribution >= 0.6 is 0 Å². The monoisotopic (exact) mass is 898 g/mol. The number of piperidine rings is 3. The van der Waals surface area contributed by atoms with Crippen LogP contribution in [-0.2, 0) is 22.6 Å². The third-order valence-electron chi connectivity index (χ3n) is 12.1. The largest absolute Gasteiger partial charge is 0.506 e. The van der Waals surface area contributed by atoms with E-state index in [2.05, 4.69) is 20.5 Å². The Kier molecular flexibility index (Phi) is 14.7. The fourth-order valence-electron chi connectivity index (χ4n) is 8.58. The third kappa shape index (κ3) is 11.1. The number of aliphatic hydroxyl groups is 1. The topological polar surface area (TPSA) is 190 Å². The van der Waals surface area contributed by atoms with Gasteiger partial charge in [-0.25, -0.2) is 9.59 Å². The molecule has 3 saturated heterocycles. The van der Waals surface area contributed by atoms with Crippen LogP contribution in [0, 0.1) is 5.92 Å². The number of rotatable bonds is 19. The summed E-state index contributed by atoms with van der Waals surface area (Å²) in [4.78, 5) is 43.0. The zero-order valence-electron chi connectivity index (χ0n) is 36.9. The molecule has 15 heteroatoms. The Labute approximate surface area is 382 Å². The second-order valence-electron chi connectivity index (χ2n) is 16.4. The van der Waals surface area contributed by atoms with Crippen molar-refractivity contribution in [1.82, 2.24) is 20.5 Å². The van der Waals surface area contributed by atoms with E-state index in [0.29, 0.717) is 52.0 Å².